The molecule has 1 saturated heterocycles. The van der Waals surface area contributed by atoms with Gasteiger partial charge in [-0.25, -0.2) is 4.79 Å². The van der Waals surface area contributed by atoms with E-state index in [-0.39, 0.29) is 6.04 Å². The van der Waals surface area contributed by atoms with Crippen molar-refractivity contribution in [3.05, 3.63) is 35.4 Å². The van der Waals surface area contributed by atoms with Crippen molar-refractivity contribution >= 4 is 5.97 Å². The molecule has 0 amide bonds. The van der Waals surface area contributed by atoms with E-state index in [1.807, 2.05) is 18.2 Å². The number of carboxylic acids is 1. The van der Waals surface area contributed by atoms with Crippen molar-refractivity contribution in [1.82, 2.24) is 9.80 Å². The standard InChI is InChI=1S/C15H22N2O2/c1-16(2)14(13-7-8-17(3)10-13)11-5-4-6-12(9-11)15(18)19/h4-6,9,13-14H,7-8,10H2,1-3H3,(H,18,19). The van der Waals surface area contributed by atoms with E-state index in [2.05, 4.69) is 30.9 Å². The van der Waals surface area contributed by atoms with E-state index in [1.54, 1.807) is 6.07 Å². The van der Waals surface area contributed by atoms with Crippen molar-refractivity contribution in [3.63, 3.8) is 0 Å². The Morgan fingerprint density at radius 1 is 1.47 bits per heavy atom. The molecule has 0 aliphatic carbocycles. The fraction of sp³-hybridized carbons (Fsp3) is 0.533. The van der Waals surface area contributed by atoms with Crippen LogP contribution in [-0.2, 0) is 0 Å². The Morgan fingerprint density at radius 2 is 2.21 bits per heavy atom. The fourth-order valence-corrected chi connectivity index (χ4v) is 3.07. The lowest BCUT2D eigenvalue weighted by Crippen LogP contribution is -2.29. The molecule has 1 aliphatic heterocycles. The van der Waals surface area contributed by atoms with Gasteiger partial charge in [0.15, 0.2) is 0 Å². The highest BCUT2D eigenvalue weighted by Crippen LogP contribution is 2.33. The number of hydrogen-bond donors (Lipinski definition) is 1. The average molecular weight is 262 g/mol. The summed E-state index contributed by atoms with van der Waals surface area (Å²) < 4.78 is 0. The summed E-state index contributed by atoms with van der Waals surface area (Å²) in [7, 11) is 6.27. The van der Waals surface area contributed by atoms with E-state index < -0.39 is 5.97 Å². The third-order valence-electron chi connectivity index (χ3n) is 3.91. The summed E-state index contributed by atoms with van der Waals surface area (Å²) in [6, 6.07) is 7.62. The summed E-state index contributed by atoms with van der Waals surface area (Å²) in [6.45, 7) is 2.19. The molecule has 4 heteroatoms. The molecule has 0 radical (unpaired) electrons. The molecule has 0 aromatic heterocycles. The number of aromatic carboxylic acids is 1. The van der Waals surface area contributed by atoms with Crippen LogP contribution in [0.3, 0.4) is 0 Å². The van der Waals surface area contributed by atoms with E-state index in [1.165, 1.54) is 0 Å². The second-order valence-electron chi connectivity index (χ2n) is 5.65. The van der Waals surface area contributed by atoms with Crippen LogP contribution >= 0.6 is 0 Å². The van der Waals surface area contributed by atoms with Crippen molar-refractivity contribution < 1.29 is 9.90 Å². The van der Waals surface area contributed by atoms with Crippen LogP contribution in [0.2, 0.25) is 0 Å². The van der Waals surface area contributed by atoms with E-state index in [0.717, 1.165) is 25.1 Å². The predicted octanol–water partition coefficient (Wildman–Crippen LogP) is 1.94. The molecule has 0 spiro atoms. The second kappa shape index (κ2) is 5.72. The topological polar surface area (TPSA) is 43.8 Å². The molecule has 19 heavy (non-hydrogen) atoms. The first-order valence-electron chi connectivity index (χ1n) is 6.67. The summed E-state index contributed by atoms with van der Waals surface area (Å²) >= 11 is 0. The first-order chi connectivity index (χ1) is 8.99. The molecule has 2 unspecified atom stereocenters. The van der Waals surface area contributed by atoms with Gasteiger partial charge in [-0.05, 0) is 57.7 Å². The summed E-state index contributed by atoms with van der Waals surface area (Å²) in [5.74, 6) is -0.299. The summed E-state index contributed by atoms with van der Waals surface area (Å²) in [4.78, 5) is 15.6. The van der Waals surface area contributed by atoms with Crippen LogP contribution in [0.25, 0.3) is 0 Å². The van der Waals surface area contributed by atoms with Crippen molar-refractivity contribution in [2.45, 2.75) is 12.5 Å². The lowest BCUT2D eigenvalue weighted by molar-refractivity contribution is 0.0696. The number of carbonyl (C=O) groups is 1. The van der Waals surface area contributed by atoms with E-state index in [0.29, 0.717) is 11.5 Å². The SMILES string of the molecule is CN1CCC(C(c2cccc(C(=O)O)c2)N(C)C)C1. The van der Waals surface area contributed by atoms with Crippen LogP contribution in [0.5, 0.6) is 0 Å². The Bertz CT molecular complexity index is 459. The predicted molar refractivity (Wildman–Crippen MR) is 75.4 cm³/mol. The summed E-state index contributed by atoms with van der Waals surface area (Å²) in [6.07, 6.45) is 1.16. The minimum absolute atomic E-state index is 0.282. The normalized spacial score (nSPS) is 21.8. The lowest BCUT2D eigenvalue weighted by Gasteiger charge is -2.30. The third kappa shape index (κ3) is 3.14. The smallest absolute Gasteiger partial charge is 0.335 e. The minimum Gasteiger partial charge on any atom is -0.478 e. The molecule has 1 aliphatic rings. The Labute approximate surface area is 114 Å². The average Bonchev–Trinajstić information content (AvgIpc) is 2.75. The van der Waals surface area contributed by atoms with Crippen molar-refractivity contribution in [2.75, 3.05) is 34.2 Å². The Balaban J connectivity index is 2.28. The van der Waals surface area contributed by atoms with Crippen molar-refractivity contribution in [1.29, 1.82) is 0 Å². The first kappa shape index (κ1) is 14.0. The molecule has 2 rings (SSSR count). The maximum absolute atomic E-state index is 11.1. The van der Waals surface area contributed by atoms with Gasteiger partial charge in [0, 0.05) is 12.6 Å². The molecule has 2 atom stereocenters. The highest BCUT2D eigenvalue weighted by atomic mass is 16.4. The molecule has 1 N–H and O–H groups in total. The van der Waals surface area contributed by atoms with Crippen molar-refractivity contribution in [2.24, 2.45) is 5.92 Å². The zero-order chi connectivity index (χ0) is 14.0. The van der Waals surface area contributed by atoms with Crippen LogP contribution in [0.15, 0.2) is 24.3 Å². The maximum Gasteiger partial charge on any atom is 0.335 e. The van der Waals surface area contributed by atoms with Crippen LogP contribution in [0, 0.1) is 5.92 Å². The third-order valence-corrected chi connectivity index (χ3v) is 3.91. The first-order valence-corrected chi connectivity index (χ1v) is 6.67. The molecule has 1 fully saturated rings. The zero-order valence-corrected chi connectivity index (χ0v) is 11.8. The van der Waals surface area contributed by atoms with Gasteiger partial charge in [-0.1, -0.05) is 12.1 Å². The lowest BCUT2D eigenvalue weighted by atomic mass is 9.90. The Hall–Kier alpha value is -1.39. The summed E-state index contributed by atoms with van der Waals surface area (Å²) in [5.41, 5.74) is 1.47. The molecular formula is C15H22N2O2. The van der Waals surface area contributed by atoms with Gasteiger partial charge in [0.25, 0.3) is 0 Å². The molecule has 4 nitrogen and oxygen atoms in total. The zero-order valence-electron chi connectivity index (χ0n) is 11.8. The quantitative estimate of drug-likeness (QED) is 0.900. The largest absolute Gasteiger partial charge is 0.478 e. The van der Waals surface area contributed by atoms with Crippen molar-refractivity contribution in [3.8, 4) is 0 Å². The molecule has 104 valence electrons. The number of likely N-dealkylation sites (tertiary alicyclic amines) is 1. The van der Waals surface area contributed by atoms with Crippen LogP contribution in [0.1, 0.15) is 28.4 Å². The van der Waals surface area contributed by atoms with Crippen LogP contribution in [-0.4, -0.2) is 55.1 Å². The highest BCUT2D eigenvalue weighted by Gasteiger charge is 2.30. The number of carboxylic acid groups (broad SMARTS) is 1. The molecule has 1 aromatic carbocycles. The van der Waals surface area contributed by atoms with Crippen LogP contribution < -0.4 is 0 Å². The number of hydrogen-bond acceptors (Lipinski definition) is 3. The monoisotopic (exact) mass is 262 g/mol. The summed E-state index contributed by atoms with van der Waals surface area (Å²) in [5, 5.41) is 9.12. The van der Waals surface area contributed by atoms with Gasteiger partial charge < -0.3 is 14.9 Å². The van der Waals surface area contributed by atoms with Gasteiger partial charge in [-0.2, -0.15) is 0 Å². The maximum atomic E-state index is 11.1. The Morgan fingerprint density at radius 3 is 2.74 bits per heavy atom. The van der Waals surface area contributed by atoms with Crippen LogP contribution in [0.4, 0.5) is 0 Å². The number of rotatable bonds is 4. The van der Waals surface area contributed by atoms with Gasteiger partial charge in [0.05, 0.1) is 5.56 Å². The minimum atomic E-state index is -0.858. The molecular weight excluding hydrogens is 240 g/mol. The molecule has 0 saturated carbocycles. The second-order valence-corrected chi connectivity index (χ2v) is 5.65. The molecule has 1 aromatic rings. The van der Waals surface area contributed by atoms with Gasteiger partial charge in [0.1, 0.15) is 0 Å². The highest BCUT2D eigenvalue weighted by molar-refractivity contribution is 5.87. The van der Waals surface area contributed by atoms with Gasteiger partial charge >= 0.3 is 5.97 Å². The van der Waals surface area contributed by atoms with Gasteiger partial charge in [-0.3, -0.25) is 0 Å². The van der Waals surface area contributed by atoms with Gasteiger partial charge in [0.2, 0.25) is 0 Å². The number of nitrogens with zero attached hydrogens (tertiary/aromatic N) is 2. The molecule has 1 heterocycles. The number of benzene rings is 1. The molecule has 0 bridgehead atoms. The van der Waals surface area contributed by atoms with Gasteiger partial charge in [-0.15, -0.1) is 0 Å². The van der Waals surface area contributed by atoms with E-state index >= 15 is 0 Å². The van der Waals surface area contributed by atoms with E-state index in [9.17, 15) is 4.79 Å². The van der Waals surface area contributed by atoms with E-state index in [4.69, 9.17) is 5.11 Å². The fourth-order valence-electron chi connectivity index (χ4n) is 3.07. The Kier molecular flexibility index (Phi) is 4.22.